The fraction of sp³-hybridized carbons (Fsp3) is 0.714. The first-order chi connectivity index (χ1) is 5.61. The van der Waals surface area contributed by atoms with Crippen LogP contribution >= 0.6 is 0 Å². The van der Waals surface area contributed by atoms with Crippen molar-refractivity contribution < 1.29 is 14.7 Å². The Balaban J connectivity index is 4.02. The fourth-order valence-electron chi connectivity index (χ4n) is 0.824. The Morgan fingerprint density at radius 2 is 2.08 bits per heavy atom. The van der Waals surface area contributed by atoms with Crippen LogP contribution in [-0.2, 0) is 9.59 Å². The zero-order valence-corrected chi connectivity index (χ0v) is 7.12. The van der Waals surface area contributed by atoms with Crippen LogP contribution in [0, 0.1) is 0 Å². The molecule has 5 heteroatoms. The quantitative estimate of drug-likeness (QED) is 0.543. The van der Waals surface area contributed by atoms with E-state index in [1.54, 1.807) is 6.92 Å². The standard InChI is InChI=1S/C7H14N2O3/c1-2-7(12)9(3-4-10)5-6(8)11/h10H,2-5H2,1H3,(H2,8,11). The predicted molar refractivity (Wildman–Crippen MR) is 43.2 cm³/mol. The van der Waals surface area contributed by atoms with Gasteiger partial charge in [0.1, 0.15) is 0 Å². The molecule has 0 spiro atoms. The smallest absolute Gasteiger partial charge is 0.237 e. The maximum Gasteiger partial charge on any atom is 0.237 e. The summed E-state index contributed by atoms with van der Waals surface area (Å²) in [6.07, 6.45) is 0.313. The minimum atomic E-state index is -0.565. The van der Waals surface area contributed by atoms with Gasteiger partial charge in [-0.15, -0.1) is 0 Å². The van der Waals surface area contributed by atoms with Crippen LogP contribution in [0.2, 0.25) is 0 Å². The van der Waals surface area contributed by atoms with E-state index in [1.807, 2.05) is 0 Å². The fourth-order valence-corrected chi connectivity index (χ4v) is 0.824. The number of nitrogens with two attached hydrogens (primary N) is 1. The van der Waals surface area contributed by atoms with Crippen LogP contribution in [0.1, 0.15) is 13.3 Å². The van der Waals surface area contributed by atoms with Gasteiger partial charge < -0.3 is 15.7 Å². The molecule has 5 nitrogen and oxygen atoms in total. The highest BCUT2D eigenvalue weighted by Gasteiger charge is 2.12. The molecule has 12 heavy (non-hydrogen) atoms. The Bertz CT molecular complexity index is 170. The van der Waals surface area contributed by atoms with E-state index in [0.29, 0.717) is 6.42 Å². The van der Waals surface area contributed by atoms with Gasteiger partial charge >= 0.3 is 0 Å². The molecule has 0 aromatic carbocycles. The summed E-state index contributed by atoms with van der Waals surface area (Å²) in [7, 11) is 0. The zero-order valence-electron chi connectivity index (χ0n) is 7.12. The van der Waals surface area contributed by atoms with E-state index >= 15 is 0 Å². The molecule has 70 valence electrons. The number of hydrogen-bond donors (Lipinski definition) is 2. The van der Waals surface area contributed by atoms with Gasteiger partial charge in [-0.1, -0.05) is 6.92 Å². The lowest BCUT2D eigenvalue weighted by Crippen LogP contribution is -2.39. The molecule has 0 fully saturated rings. The van der Waals surface area contributed by atoms with Crippen molar-refractivity contribution in [1.29, 1.82) is 0 Å². The summed E-state index contributed by atoms with van der Waals surface area (Å²) < 4.78 is 0. The average Bonchev–Trinajstić information content (AvgIpc) is 2.01. The van der Waals surface area contributed by atoms with Gasteiger partial charge in [-0.25, -0.2) is 0 Å². The van der Waals surface area contributed by atoms with Crippen LogP contribution < -0.4 is 5.73 Å². The predicted octanol–water partition coefficient (Wildman–Crippen LogP) is -1.30. The molecule has 0 saturated carbocycles. The second-order valence-corrected chi connectivity index (χ2v) is 2.36. The molecule has 0 saturated heterocycles. The second kappa shape index (κ2) is 5.54. The van der Waals surface area contributed by atoms with E-state index in [1.165, 1.54) is 4.90 Å². The van der Waals surface area contributed by atoms with Crippen LogP contribution in [0.4, 0.5) is 0 Å². The molecule has 0 aromatic heterocycles. The normalized spacial score (nSPS) is 9.50. The lowest BCUT2D eigenvalue weighted by Gasteiger charge is -2.18. The highest BCUT2D eigenvalue weighted by atomic mass is 16.3. The molecule has 0 heterocycles. The molecule has 2 amide bonds. The number of primary amides is 1. The number of nitrogens with zero attached hydrogens (tertiary/aromatic N) is 1. The maximum atomic E-state index is 11.0. The molecule has 3 N–H and O–H groups in total. The SMILES string of the molecule is CCC(=O)N(CCO)CC(N)=O. The van der Waals surface area contributed by atoms with E-state index in [9.17, 15) is 9.59 Å². The highest BCUT2D eigenvalue weighted by molar-refractivity contribution is 5.83. The first-order valence-corrected chi connectivity index (χ1v) is 3.78. The van der Waals surface area contributed by atoms with Crippen molar-refractivity contribution in [3.05, 3.63) is 0 Å². The Hall–Kier alpha value is -1.10. The summed E-state index contributed by atoms with van der Waals surface area (Å²) in [6, 6.07) is 0. The monoisotopic (exact) mass is 174 g/mol. The van der Waals surface area contributed by atoms with Crippen molar-refractivity contribution in [3.8, 4) is 0 Å². The van der Waals surface area contributed by atoms with Gasteiger partial charge in [0, 0.05) is 13.0 Å². The Kier molecular flexibility index (Phi) is 5.03. The van der Waals surface area contributed by atoms with Crippen molar-refractivity contribution in [2.45, 2.75) is 13.3 Å². The Morgan fingerprint density at radius 3 is 2.42 bits per heavy atom. The number of carbonyl (C=O) groups is 2. The molecular formula is C7H14N2O3. The third kappa shape index (κ3) is 3.92. The summed E-state index contributed by atoms with van der Waals surface area (Å²) in [5, 5.41) is 8.55. The first-order valence-electron chi connectivity index (χ1n) is 3.78. The molecule has 0 atom stereocenters. The third-order valence-corrected chi connectivity index (χ3v) is 1.37. The van der Waals surface area contributed by atoms with Crippen LogP contribution in [0.5, 0.6) is 0 Å². The van der Waals surface area contributed by atoms with E-state index in [4.69, 9.17) is 10.8 Å². The molecule has 0 aliphatic rings. The van der Waals surface area contributed by atoms with Crippen molar-refractivity contribution in [3.63, 3.8) is 0 Å². The minimum Gasteiger partial charge on any atom is -0.395 e. The Morgan fingerprint density at radius 1 is 1.50 bits per heavy atom. The lowest BCUT2D eigenvalue weighted by atomic mass is 10.3. The number of aliphatic hydroxyl groups is 1. The van der Waals surface area contributed by atoms with Crippen LogP contribution in [0.25, 0.3) is 0 Å². The topological polar surface area (TPSA) is 83.6 Å². The molecule has 0 radical (unpaired) electrons. The summed E-state index contributed by atoms with van der Waals surface area (Å²) >= 11 is 0. The van der Waals surface area contributed by atoms with Crippen molar-refractivity contribution in [2.75, 3.05) is 19.7 Å². The number of carbonyl (C=O) groups excluding carboxylic acids is 2. The van der Waals surface area contributed by atoms with Crippen LogP contribution in [0.15, 0.2) is 0 Å². The highest BCUT2D eigenvalue weighted by Crippen LogP contribution is 1.92. The summed E-state index contributed by atoms with van der Waals surface area (Å²) in [5.41, 5.74) is 4.90. The molecule has 0 bridgehead atoms. The first kappa shape index (κ1) is 10.9. The van der Waals surface area contributed by atoms with E-state index in [2.05, 4.69) is 0 Å². The second-order valence-electron chi connectivity index (χ2n) is 2.36. The van der Waals surface area contributed by atoms with Gasteiger partial charge in [0.25, 0.3) is 0 Å². The average molecular weight is 174 g/mol. The molecular weight excluding hydrogens is 160 g/mol. The van der Waals surface area contributed by atoms with Gasteiger partial charge in [-0.3, -0.25) is 9.59 Å². The minimum absolute atomic E-state index is 0.118. The van der Waals surface area contributed by atoms with Crippen molar-refractivity contribution >= 4 is 11.8 Å². The van der Waals surface area contributed by atoms with E-state index in [0.717, 1.165) is 0 Å². The lowest BCUT2D eigenvalue weighted by molar-refractivity contribution is -0.135. The molecule has 0 aliphatic carbocycles. The van der Waals surface area contributed by atoms with E-state index in [-0.39, 0.29) is 25.6 Å². The van der Waals surface area contributed by atoms with Gasteiger partial charge in [-0.2, -0.15) is 0 Å². The number of rotatable bonds is 5. The summed E-state index contributed by atoms with van der Waals surface area (Å²) in [5.74, 6) is -0.742. The molecule has 0 aliphatic heterocycles. The Labute approximate surface area is 71.1 Å². The number of hydrogen-bond acceptors (Lipinski definition) is 3. The number of amides is 2. The summed E-state index contributed by atoms with van der Waals surface area (Å²) in [4.78, 5) is 22.7. The van der Waals surface area contributed by atoms with Gasteiger partial charge in [-0.05, 0) is 0 Å². The summed E-state index contributed by atoms with van der Waals surface area (Å²) in [6.45, 7) is 1.58. The van der Waals surface area contributed by atoms with Crippen LogP contribution in [-0.4, -0.2) is 41.5 Å². The van der Waals surface area contributed by atoms with Crippen molar-refractivity contribution in [2.24, 2.45) is 5.73 Å². The zero-order chi connectivity index (χ0) is 9.56. The van der Waals surface area contributed by atoms with Crippen molar-refractivity contribution in [1.82, 2.24) is 4.90 Å². The van der Waals surface area contributed by atoms with Crippen LogP contribution in [0.3, 0.4) is 0 Å². The van der Waals surface area contributed by atoms with Gasteiger partial charge in [0.15, 0.2) is 0 Å². The molecule has 0 aromatic rings. The van der Waals surface area contributed by atoms with Gasteiger partial charge in [0.05, 0.1) is 13.2 Å². The number of aliphatic hydroxyl groups excluding tert-OH is 1. The molecule has 0 rings (SSSR count). The van der Waals surface area contributed by atoms with Gasteiger partial charge in [0.2, 0.25) is 11.8 Å². The van der Waals surface area contributed by atoms with E-state index < -0.39 is 5.91 Å². The molecule has 0 unspecified atom stereocenters. The third-order valence-electron chi connectivity index (χ3n) is 1.37. The maximum absolute atomic E-state index is 11.0. The largest absolute Gasteiger partial charge is 0.395 e.